The summed E-state index contributed by atoms with van der Waals surface area (Å²) in [6.45, 7) is 12.2. The van der Waals surface area contributed by atoms with Crippen molar-refractivity contribution in [1.29, 1.82) is 0 Å². The van der Waals surface area contributed by atoms with Crippen molar-refractivity contribution in [3.8, 4) is 0 Å². The van der Waals surface area contributed by atoms with Crippen LogP contribution in [0.15, 0.2) is 0 Å². The summed E-state index contributed by atoms with van der Waals surface area (Å²) in [7, 11) is 0. The van der Waals surface area contributed by atoms with Crippen LogP contribution in [0.5, 0.6) is 0 Å². The number of carbonyl (C=O) groups excluding carboxylic acids is 1. The van der Waals surface area contributed by atoms with Crippen LogP contribution in [-0.2, 0) is 9.53 Å². The Bertz CT molecular complexity index is 260. The van der Waals surface area contributed by atoms with Crippen LogP contribution in [0.25, 0.3) is 0 Å². The highest BCUT2D eigenvalue weighted by Gasteiger charge is 2.52. The fourth-order valence-electron chi connectivity index (χ4n) is 1.53. The van der Waals surface area contributed by atoms with Crippen LogP contribution in [0.4, 0.5) is 0 Å². The fourth-order valence-corrected chi connectivity index (χ4v) is 1.53. The molecule has 0 bridgehead atoms. The first-order chi connectivity index (χ1) is 6.82. The van der Waals surface area contributed by atoms with Crippen molar-refractivity contribution in [2.45, 2.75) is 65.7 Å². The van der Waals surface area contributed by atoms with Gasteiger partial charge >= 0.3 is 5.97 Å². The van der Waals surface area contributed by atoms with E-state index in [0.29, 0.717) is 0 Å². The lowest BCUT2D eigenvalue weighted by molar-refractivity contribution is -0.192. The predicted octanol–water partition coefficient (Wildman–Crippen LogP) is 1.45. The molecule has 0 aromatic rings. The number of hydrogen-bond donors (Lipinski definition) is 2. The summed E-state index contributed by atoms with van der Waals surface area (Å²) in [4.78, 5) is 12.0. The minimum Gasteiger partial charge on any atom is -0.458 e. The molecular weight excluding hydrogens is 206 g/mol. The maximum Gasteiger partial charge on any atom is 0.340 e. The molecule has 0 aliphatic carbocycles. The zero-order valence-corrected chi connectivity index (χ0v) is 11.4. The van der Waals surface area contributed by atoms with E-state index in [1.54, 1.807) is 48.5 Å². The van der Waals surface area contributed by atoms with Crippen molar-refractivity contribution < 1.29 is 14.6 Å². The Morgan fingerprint density at radius 1 is 1.19 bits per heavy atom. The maximum absolute atomic E-state index is 12.0. The third-order valence-corrected chi connectivity index (χ3v) is 2.51. The van der Waals surface area contributed by atoms with E-state index in [2.05, 4.69) is 0 Å². The van der Waals surface area contributed by atoms with Crippen LogP contribution in [0, 0.1) is 5.41 Å². The van der Waals surface area contributed by atoms with Gasteiger partial charge in [-0.25, -0.2) is 4.79 Å². The number of rotatable bonds is 2. The second-order valence-electron chi connectivity index (χ2n) is 6.31. The standard InChI is InChI=1S/C12H25NO3/c1-8(13)12(15,10(2,3)4)9(14)16-11(5,6)7/h8,15H,13H2,1-7H3/t8?,12-/m0/s1. The zero-order valence-electron chi connectivity index (χ0n) is 11.4. The Kier molecular flexibility index (Phi) is 4.17. The molecule has 4 nitrogen and oxygen atoms in total. The molecule has 4 heteroatoms. The minimum absolute atomic E-state index is 0.634. The molecule has 96 valence electrons. The third kappa shape index (κ3) is 3.19. The summed E-state index contributed by atoms with van der Waals surface area (Å²) in [5, 5.41) is 10.5. The lowest BCUT2D eigenvalue weighted by Crippen LogP contribution is -2.62. The van der Waals surface area contributed by atoms with E-state index in [9.17, 15) is 9.90 Å². The van der Waals surface area contributed by atoms with Gasteiger partial charge in [0, 0.05) is 11.5 Å². The molecule has 0 rings (SSSR count). The van der Waals surface area contributed by atoms with Gasteiger partial charge in [-0.15, -0.1) is 0 Å². The van der Waals surface area contributed by atoms with E-state index in [0.717, 1.165) is 0 Å². The lowest BCUT2D eigenvalue weighted by atomic mass is 9.72. The molecule has 0 aliphatic rings. The summed E-state index contributed by atoms with van der Waals surface area (Å²) < 4.78 is 5.22. The topological polar surface area (TPSA) is 72.5 Å². The van der Waals surface area contributed by atoms with E-state index in [1.165, 1.54) is 0 Å². The van der Waals surface area contributed by atoms with Gasteiger partial charge in [0.05, 0.1) is 0 Å². The fraction of sp³-hybridized carbons (Fsp3) is 0.917. The van der Waals surface area contributed by atoms with E-state index < -0.39 is 28.6 Å². The van der Waals surface area contributed by atoms with Gasteiger partial charge < -0.3 is 15.6 Å². The van der Waals surface area contributed by atoms with Crippen LogP contribution < -0.4 is 5.73 Å². The number of carbonyl (C=O) groups is 1. The summed E-state index contributed by atoms with van der Waals surface area (Å²) in [6, 6.07) is -0.692. The van der Waals surface area contributed by atoms with Gasteiger partial charge in [-0.3, -0.25) is 0 Å². The van der Waals surface area contributed by atoms with E-state index >= 15 is 0 Å². The first kappa shape index (κ1) is 15.4. The van der Waals surface area contributed by atoms with Crippen molar-refractivity contribution in [2.24, 2.45) is 11.1 Å². The number of esters is 1. The Morgan fingerprint density at radius 3 is 1.75 bits per heavy atom. The highest BCUT2D eigenvalue weighted by molar-refractivity contribution is 5.81. The highest BCUT2D eigenvalue weighted by Crippen LogP contribution is 2.34. The van der Waals surface area contributed by atoms with Crippen molar-refractivity contribution in [1.82, 2.24) is 0 Å². The minimum atomic E-state index is -1.68. The first-order valence-corrected chi connectivity index (χ1v) is 5.54. The Labute approximate surface area is 98.2 Å². The van der Waals surface area contributed by atoms with Gasteiger partial charge in [-0.1, -0.05) is 20.8 Å². The second-order valence-corrected chi connectivity index (χ2v) is 6.31. The Balaban J connectivity index is 5.17. The molecule has 0 aliphatic heterocycles. The molecule has 0 spiro atoms. The monoisotopic (exact) mass is 231 g/mol. The van der Waals surface area contributed by atoms with Gasteiger partial charge in [-0.05, 0) is 27.7 Å². The largest absolute Gasteiger partial charge is 0.458 e. The molecule has 0 fully saturated rings. The maximum atomic E-state index is 12.0. The van der Waals surface area contributed by atoms with Gasteiger partial charge in [0.15, 0.2) is 5.60 Å². The van der Waals surface area contributed by atoms with Gasteiger partial charge in [0.1, 0.15) is 5.60 Å². The second kappa shape index (κ2) is 4.34. The van der Waals surface area contributed by atoms with E-state index in [4.69, 9.17) is 10.5 Å². The zero-order chi connectivity index (χ0) is 13.4. The van der Waals surface area contributed by atoms with Crippen LogP contribution in [0.2, 0.25) is 0 Å². The molecule has 0 aromatic heterocycles. The molecule has 0 heterocycles. The summed E-state index contributed by atoms with van der Waals surface area (Å²) >= 11 is 0. The van der Waals surface area contributed by atoms with Crippen molar-refractivity contribution in [2.75, 3.05) is 0 Å². The van der Waals surface area contributed by atoms with Crippen molar-refractivity contribution in [3.05, 3.63) is 0 Å². The van der Waals surface area contributed by atoms with Gasteiger partial charge in [0.25, 0.3) is 0 Å². The lowest BCUT2D eigenvalue weighted by Gasteiger charge is -2.42. The van der Waals surface area contributed by atoms with Crippen molar-refractivity contribution >= 4 is 5.97 Å². The SMILES string of the molecule is CC(N)[C@](O)(C(=O)OC(C)(C)C)C(C)(C)C. The van der Waals surface area contributed by atoms with E-state index in [1.807, 2.05) is 0 Å². The average molecular weight is 231 g/mol. The van der Waals surface area contributed by atoms with Gasteiger partial charge in [0.2, 0.25) is 0 Å². The molecular formula is C12H25NO3. The van der Waals surface area contributed by atoms with Crippen molar-refractivity contribution in [3.63, 3.8) is 0 Å². The molecule has 16 heavy (non-hydrogen) atoms. The van der Waals surface area contributed by atoms with Crippen LogP contribution in [0.3, 0.4) is 0 Å². The van der Waals surface area contributed by atoms with Crippen LogP contribution in [-0.4, -0.2) is 28.3 Å². The molecule has 0 aromatic carbocycles. The summed E-state index contributed by atoms with van der Waals surface area (Å²) in [5.74, 6) is -0.664. The first-order valence-electron chi connectivity index (χ1n) is 5.54. The number of nitrogens with two attached hydrogens (primary N) is 1. The molecule has 0 amide bonds. The van der Waals surface area contributed by atoms with Crippen LogP contribution >= 0.6 is 0 Å². The molecule has 0 saturated heterocycles. The van der Waals surface area contributed by atoms with E-state index in [-0.39, 0.29) is 0 Å². The third-order valence-electron chi connectivity index (χ3n) is 2.51. The molecule has 1 unspecified atom stereocenters. The molecule has 0 saturated carbocycles. The van der Waals surface area contributed by atoms with Gasteiger partial charge in [-0.2, -0.15) is 0 Å². The average Bonchev–Trinajstić information content (AvgIpc) is 1.96. The summed E-state index contributed by atoms with van der Waals surface area (Å²) in [6.07, 6.45) is 0. The molecule has 3 N–H and O–H groups in total. The predicted molar refractivity (Wildman–Crippen MR) is 63.9 cm³/mol. The molecule has 0 radical (unpaired) electrons. The Morgan fingerprint density at radius 2 is 1.56 bits per heavy atom. The van der Waals surface area contributed by atoms with Crippen LogP contribution in [0.1, 0.15) is 48.5 Å². The quantitative estimate of drug-likeness (QED) is 0.706. The number of hydrogen-bond acceptors (Lipinski definition) is 4. The summed E-state index contributed by atoms with van der Waals surface area (Å²) in [5.41, 5.74) is 2.73. The number of ether oxygens (including phenoxy) is 1. The molecule has 2 atom stereocenters. The normalized spacial score (nSPS) is 18.8. The smallest absolute Gasteiger partial charge is 0.340 e. The Hall–Kier alpha value is -0.610. The highest BCUT2D eigenvalue weighted by atomic mass is 16.6. The number of aliphatic hydroxyl groups is 1.